The first-order valence-corrected chi connectivity index (χ1v) is 5.99. The fourth-order valence-corrected chi connectivity index (χ4v) is 2.50. The second-order valence-electron chi connectivity index (χ2n) is 4.69. The zero-order valence-corrected chi connectivity index (χ0v) is 10.2. The summed E-state index contributed by atoms with van der Waals surface area (Å²) in [5, 5.41) is 13.2. The zero-order valence-electron chi connectivity index (χ0n) is 10.2. The first-order chi connectivity index (χ1) is 9.16. The maximum atomic E-state index is 10.1. The van der Waals surface area contributed by atoms with Gasteiger partial charge in [-0.05, 0) is 24.3 Å². The van der Waals surface area contributed by atoms with Crippen molar-refractivity contribution in [1.82, 2.24) is 9.97 Å². The van der Waals surface area contributed by atoms with Gasteiger partial charge in [-0.15, -0.1) is 0 Å². The Balaban J connectivity index is 2.43. The van der Waals surface area contributed by atoms with Crippen molar-refractivity contribution in [2.75, 3.05) is 0 Å². The van der Waals surface area contributed by atoms with Crippen LogP contribution in [-0.2, 0) is 0 Å². The number of hydrogen-bond acceptors (Lipinski definition) is 5. The Labute approximate surface area is 108 Å². The highest BCUT2D eigenvalue weighted by molar-refractivity contribution is 6.02. The van der Waals surface area contributed by atoms with Crippen LogP contribution in [-0.4, -0.2) is 20.9 Å². The van der Waals surface area contributed by atoms with E-state index in [0.717, 1.165) is 21.8 Å². The first kappa shape index (κ1) is 10.5. The fourth-order valence-electron chi connectivity index (χ4n) is 2.50. The summed E-state index contributed by atoms with van der Waals surface area (Å²) in [4.78, 5) is 17.3. The molecule has 0 saturated carbocycles. The Morgan fingerprint density at radius 3 is 1.84 bits per heavy atom. The van der Waals surface area contributed by atoms with Crippen LogP contribution in [0.2, 0.25) is 0 Å². The van der Waals surface area contributed by atoms with Crippen LogP contribution in [0.1, 0.15) is 6.92 Å². The van der Waals surface area contributed by atoms with E-state index in [1.807, 2.05) is 24.3 Å². The quantitative estimate of drug-likeness (QED) is 0.597. The number of hydrogen-bond donors (Lipinski definition) is 1. The number of nitrogens with zero attached hydrogens (tertiary/aromatic N) is 4. The molecule has 2 aromatic heterocycles. The molecule has 1 N–H and O–H groups in total. The topological polar surface area (TPSA) is 70.7 Å². The van der Waals surface area contributed by atoms with Gasteiger partial charge in [-0.2, -0.15) is 0 Å². The summed E-state index contributed by atoms with van der Waals surface area (Å²) >= 11 is 0. The van der Waals surface area contributed by atoms with Crippen LogP contribution >= 0.6 is 0 Å². The van der Waals surface area contributed by atoms with E-state index < -0.39 is 5.85 Å². The van der Waals surface area contributed by atoms with E-state index in [9.17, 15) is 5.11 Å². The van der Waals surface area contributed by atoms with Gasteiger partial charge in [-0.25, -0.2) is 9.98 Å². The fraction of sp³-hybridized carbons (Fsp3) is 0.143. The number of fused-ring (bicyclic) bond motifs is 6. The van der Waals surface area contributed by atoms with Crippen LogP contribution in [0.15, 0.2) is 46.6 Å². The molecule has 92 valence electrons. The van der Waals surface area contributed by atoms with Gasteiger partial charge in [-0.3, -0.25) is 9.97 Å². The molecule has 19 heavy (non-hydrogen) atoms. The number of benzene rings is 1. The van der Waals surface area contributed by atoms with Crippen molar-refractivity contribution in [3.05, 3.63) is 47.4 Å². The van der Waals surface area contributed by atoms with Gasteiger partial charge in [0.2, 0.25) is 0 Å². The van der Waals surface area contributed by atoms with Crippen molar-refractivity contribution in [3.63, 3.8) is 0 Å². The van der Waals surface area contributed by atoms with Crippen LogP contribution in [0.4, 0.5) is 0 Å². The molecule has 5 heteroatoms. The van der Waals surface area contributed by atoms with Crippen LogP contribution in [0, 0.1) is 0 Å². The molecule has 3 heterocycles. The van der Waals surface area contributed by atoms with Crippen LogP contribution in [0.25, 0.3) is 21.8 Å². The minimum absolute atomic E-state index is 0.689. The molecular formula is C14H10N4O. The third kappa shape index (κ3) is 1.39. The van der Waals surface area contributed by atoms with Crippen LogP contribution in [0.3, 0.4) is 0 Å². The molecule has 3 aromatic rings. The van der Waals surface area contributed by atoms with Crippen molar-refractivity contribution >= 4 is 21.8 Å². The van der Waals surface area contributed by atoms with Gasteiger partial charge in [0.05, 0.1) is 21.7 Å². The normalized spacial score (nSPS) is 16.1. The summed E-state index contributed by atoms with van der Waals surface area (Å²) in [7, 11) is 0. The van der Waals surface area contributed by atoms with E-state index in [2.05, 4.69) is 20.0 Å². The summed E-state index contributed by atoms with van der Waals surface area (Å²) in [6, 6.07) is 7.55. The predicted molar refractivity (Wildman–Crippen MR) is 70.0 cm³/mol. The smallest absolute Gasteiger partial charge is 0.252 e. The maximum Gasteiger partial charge on any atom is 0.252 e. The summed E-state index contributed by atoms with van der Waals surface area (Å²) in [6.45, 7) is 1.57. The van der Waals surface area contributed by atoms with Crippen molar-refractivity contribution < 1.29 is 5.11 Å². The van der Waals surface area contributed by atoms with Gasteiger partial charge in [0.25, 0.3) is 5.85 Å². The Hall–Kier alpha value is -2.40. The molecule has 0 atom stereocenters. The van der Waals surface area contributed by atoms with Crippen molar-refractivity contribution in [2.24, 2.45) is 9.98 Å². The Morgan fingerprint density at radius 2 is 1.37 bits per heavy atom. The van der Waals surface area contributed by atoms with Crippen LogP contribution in [0.5, 0.6) is 0 Å². The minimum atomic E-state index is -1.41. The molecule has 0 radical (unpaired) electrons. The highest BCUT2D eigenvalue weighted by Gasteiger charge is 2.23. The van der Waals surface area contributed by atoms with Gasteiger partial charge in [0.1, 0.15) is 0 Å². The molecule has 5 nitrogen and oxygen atoms in total. The van der Waals surface area contributed by atoms with Crippen molar-refractivity contribution in [2.45, 2.75) is 12.8 Å². The first-order valence-electron chi connectivity index (χ1n) is 5.99. The predicted octanol–water partition coefficient (Wildman–Crippen LogP) is 0.702. The van der Waals surface area contributed by atoms with Gasteiger partial charge in [0, 0.05) is 30.1 Å². The van der Waals surface area contributed by atoms with E-state index >= 15 is 0 Å². The number of pyridine rings is 2. The lowest BCUT2D eigenvalue weighted by Crippen LogP contribution is -2.24. The molecule has 0 saturated heterocycles. The van der Waals surface area contributed by atoms with Gasteiger partial charge in [-0.1, -0.05) is 0 Å². The van der Waals surface area contributed by atoms with E-state index in [1.54, 1.807) is 19.3 Å². The Kier molecular flexibility index (Phi) is 1.84. The van der Waals surface area contributed by atoms with Crippen LogP contribution < -0.4 is 10.7 Å². The van der Waals surface area contributed by atoms with Crippen molar-refractivity contribution in [3.8, 4) is 0 Å². The molecule has 0 aliphatic carbocycles. The molecule has 0 spiro atoms. The standard InChI is InChI=1S/C14H10N4O/c1-14(19)17-12-8-4-2-6-15-10(8)11-9(13(12)18-14)5-3-7-16-11/h2-7,19H,1H3. The molecule has 1 aliphatic heterocycles. The molecule has 0 fully saturated rings. The lowest BCUT2D eigenvalue weighted by atomic mass is 10.1. The number of rotatable bonds is 0. The summed E-state index contributed by atoms with van der Waals surface area (Å²) in [5.74, 6) is -1.41. The second kappa shape index (κ2) is 3.33. The molecule has 0 bridgehead atoms. The largest absolute Gasteiger partial charge is 0.351 e. The summed E-state index contributed by atoms with van der Waals surface area (Å²) in [6.07, 6.45) is 3.46. The summed E-state index contributed by atoms with van der Waals surface area (Å²) in [5.41, 5.74) is 1.57. The lowest BCUT2D eigenvalue weighted by molar-refractivity contribution is 0.0783. The van der Waals surface area contributed by atoms with E-state index in [4.69, 9.17) is 0 Å². The van der Waals surface area contributed by atoms with E-state index in [1.165, 1.54) is 0 Å². The lowest BCUT2D eigenvalue weighted by Gasteiger charge is -2.05. The zero-order chi connectivity index (χ0) is 13.0. The number of aromatic nitrogens is 2. The van der Waals surface area contributed by atoms with Gasteiger partial charge in [0.15, 0.2) is 0 Å². The average molecular weight is 250 g/mol. The molecule has 0 unspecified atom stereocenters. The average Bonchev–Trinajstić information content (AvgIpc) is 2.75. The molecule has 1 aliphatic rings. The second-order valence-corrected chi connectivity index (χ2v) is 4.69. The monoisotopic (exact) mass is 250 g/mol. The SMILES string of the molecule is CC1(O)N=c2c(c3cccnc3c3ncccc23)=N1. The Bertz CT molecular complexity index is 870. The molecular weight excluding hydrogens is 240 g/mol. The highest BCUT2D eigenvalue weighted by atomic mass is 16.3. The highest BCUT2D eigenvalue weighted by Crippen LogP contribution is 2.18. The van der Waals surface area contributed by atoms with E-state index in [-0.39, 0.29) is 0 Å². The molecule has 4 rings (SSSR count). The number of aliphatic hydroxyl groups is 1. The minimum Gasteiger partial charge on any atom is -0.351 e. The maximum absolute atomic E-state index is 10.1. The summed E-state index contributed by atoms with van der Waals surface area (Å²) < 4.78 is 0. The van der Waals surface area contributed by atoms with Gasteiger partial charge < -0.3 is 5.11 Å². The molecule has 0 amide bonds. The third-order valence-corrected chi connectivity index (χ3v) is 3.22. The molecule has 1 aromatic carbocycles. The third-order valence-electron chi connectivity index (χ3n) is 3.22. The Morgan fingerprint density at radius 1 is 0.895 bits per heavy atom. The van der Waals surface area contributed by atoms with E-state index in [0.29, 0.717) is 10.7 Å². The van der Waals surface area contributed by atoms with Gasteiger partial charge >= 0.3 is 0 Å². The van der Waals surface area contributed by atoms with Crippen molar-refractivity contribution in [1.29, 1.82) is 0 Å².